The van der Waals surface area contributed by atoms with E-state index in [1.165, 1.54) is 0 Å². The van der Waals surface area contributed by atoms with Crippen molar-refractivity contribution in [2.45, 2.75) is 83.0 Å². The van der Waals surface area contributed by atoms with Gasteiger partial charge < -0.3 is 20.4 Å². The topological polar surface area (TPSA) is 98.0 Å². The highest BCUT2D eigenvalue weighted by molar-refractivity contribution is 5.66. The van der Waals surface area contributed by atoms with E-state index in [4.69, 9.17) is 5.11 Å². The van der Waals surface area contributed by atoms with E-state index in [1.54, 1.807) is 6.08 Å². The molecular weight excluding hydrogens is 320 g/mol. The molecule has 1 saturated carbocycles. The number of aliphatic carboxylic acids is 1. The van der Waals surface area contributed by atoms with E-state index in [9.17, 15) is 20.1 Å². The zero-order valence-electron chi connectivity index (χ0n) is 15.3. The highest BCUT2D eigenvalue weighted by Crippen LogP contribution is 2.37. The van der Waals surface area contributed by atoms with Crippen LogP contribution in [0, 0.1) is 11.8 Å². The van der Waals surface area contributed by atoms with Crippen LogP contribution >= 0.6 is 0 Å². The first-order valence-corrected chi connectivity index (χ1v) is 9.55. The molecule has 1 rings (SSSR count). The molecule has 0 aliphatic heterocycles. The summed E-state index contributed by atoms with van der Waals surface area (Å²) in [7, 11) is 0. The fourth-order valence-electron chi connectivity index (χ4n) is 3.47. The van der Waals surface area contributed by atoms with E-state index in [0.717, 1.165) is 25.7 Å². The molecule has 0 radical (unpaired) electrons. The third kappa shape index (κ3) is 8.66. The minimum atomic E-state index is -0.790. The molecule has 5 nitrogen and oxygen atoms in total. The van der Waals surface area contributed by atoms with Crippen molar-refractivity contribution in [3.8, 4) is 0 Å². The number of aliphatic hydroxyl groups excluding tert-OH is 3. The van der Waals surface area contributed by atoms with Crippen LogP contribution in [0.25, 0.3) is 0 Å². The molecule has 1 aliphatic rings. The quantitative estimate of drug-likeness (QED) is 0.319. The van der Waals surface area contributed by atoms with Crippen molar-refractivity contribution in [2.75, 3.05) is 0 Å². The van der Waals surface area contributed by atoms with Gasteiger partial charge in [0.2, 0.25) is 0 Å². The second-order valence-corrected chi connectivity index (χ2v) is 7.05. The molecule has 0 amide bonds. The Bertz CT molecular complexity index is 432. The molecule has 1 aliphatic carbocycles. The molecule has 0 unspecified atom stereocenters. The van der Waals surface area contributed by atoms with Gasteiger partial charge in [0.15, 0.2) is 0 Å². The van der Waals surface area contributed by atoms with Crippen LogP contribution in [0.4, 0.5) is 0 Å². The first-order valence-electron chi connectivity index (χ1n) is 9.55. The molecule has 144 valence electrons. The summed E-state index contributed by atoms with van der Waals surface area (Å²) >= 11 is 0. The monoisotopic (exact) mass is 354 g/mol. The van der Waals surface area contributed by atoms with Gasteiger partial charge in [-0.15, -0.1) is 0 Å². The maximum atomic E-state index is 10.4. The van der Waals surface area contributed by atoms with Crippen molar-refractivity contribution in [1.29, 1.82) is 0 Å². The molecule has 4 N–H and O–H groups in total. The van der Waals surface area contributed by atoms with E-state index in [-0.39, 0.29) is 18.3 Å². The highest BCUT2D eigenvalue weighted by atomic mass is 16.4. The largest absolute Gasteiger partial charge is 0.481 e. The Labute approximate surface area is 151 Å². The van der Waals surface area contributed by atoms with Crippen molar-refractivity contribution >= 4 is 5.97 Å². The number of carbonyl (C=O) groups is 1. The van der Waals surface area contributed by atoms with E-state index < -0.39 is 24.3 Å². The van der Waals surface area contributed by atoms with Crippen LogP contribution in [0.3, 0.4) is 0 Å². The Morgan fingerprint density at radius 3 is 2.60 bits per heavy atom. The average molecular weight is 354 g/mol. The lowest BCUT2D eigenvalue weighted by Gasteiger charge is -2.21. The van der Waals surface area contributed by atoms with E-state index in [1.807, 2.05) is 18.2 Å². The van der Waals surface area contributed by atoms with Gasteiger partial charge in [0.1, 0.15) is 0 Å². The maximum Gasteiger partial charge on any atom is 0.303 e. The number of allylic oxidation sites excluding steroid dienone is 1. The minimum absolute atomic E-state index is 0.0663. The second kappa shape index (κ2) is 12.2. The van der Waals surface area contributed by atoms with Gasteiger partial charge in [0, 0.05) is 18.8 Å². The van der Waals surface area contributed by atoms with Crippen LogP contribution in [0.1, 0.15) is 64.7 Å². The van der Waals surface area contributed by atoms with Crippen LogP contribution in [0.5, 0.6) is 0 Å². The smallest absolute Gasteiger partial charge is 0.303 e. The van der Waals surface area contributed by atoms with E-state index >= 15 is 0 Å². The van der Waals surface area contributed by atoms with Crippen LogP contribution < -0.4 is 0 Å². The van der Waals surface area contributed by atoms with Crippen LogP contribution in [-0.4, -0.2) is 44.7 Å². The van der Waals surface area contributed by atoms with Gasteiger partial charge in [0.25, 0.3) is 0 Å². The molecule has 25 heavy (non-hydrogen) atoms. The Hall–Kier alpha value is -1.17. The lowest BCUT2D eigenvalue weighted by Crippen LogP contribution is -2.21. The molecule has 5 heteroatoms. The zero-order chi connectivity index (χ0) is 18.7. The van der Waals surface area contributed by atoms with Crippen molar-refractivity contribution in [3.63, 3.8) is 0 Å². The summed E-state index contributed by atoms with van der Waals surface area (Å²) in [5.41, 5.74) is 0. The maximum absolute atomic E-state index is 10.4. The fourth-order valence-corrected chi connectivity index (χ4v) is 3.47. The predicted molar refractivity (Wildman–Crippen MR) is 98.1 cm³/mol. The molecular formula is C20H34O5. The van der Waals surface area contributed by atoms with Crippen molar-refractivity contribution in [3.05, 3.63) is 24.3 Å². The number of unbranched alkanes of at least 4 members (excludes halogenated alkanes) is 3. The molecule has 0 heterocycles. The summed E-state index contributed by atoms with van der Waals surface area (Å²) in [6.45, 7) is 2.14. The second-order valence-electron chi connectivity index (χ2n) is 7.05. The van der Waals surface area contributed by atoms with Crippen LogP contribution in [0.2, 0.25) is 0 Å². The van der Waals surface area contributed by atoms with Gasteiger partial charge in [-0.1, -0.05) is 50.5 Å². The Morgan fingerprint density at radius 1 is 1.16 bits per heavy atom. The lowest BCUT2D eigenvalue weighted by atomic mass is 9.88. The van der Waals surface area contributed by atoms with Gasteiger partial charge in [-0.25, -0.2) is 0 Å². The Balaban J connectivity index is 2.39. The van der Waals surface area contributed by atoms with Gasteiger partial charge in [-0.3, -0.25) is 4.79 Å². The van der Waals surface area contributed by atoms with Gasteiger partial charge in [-0.2, -0.15) is 0 Å². The predicted octanol–water partition coefficient (Wildman–Crippen LogP) is 3.04. The first-order chi connectivity index (χ1) is 12.0. The molecule has 0 saturated heterocycles. The van der Waals surface area contributed by atoms with Gasteiger partial charge >= 0.3 is 5.97 Å². The minimum Gasteiger partial charge on any atom is -0.481 e. The molecule has 1 fully saturated rings. The van der Waals surface area contributed by atoms with Gasteiger partial charge in [0.05, 0.1) is 18.3 Å². The van der Waals surface area contributed by atoms with Crippen molar-refractivity contribution in [1.82, 2.24) is 0 Å². The van der Waals surface area contributed by atoms with Crippen LogP contribution in [-0.2, 0) is 4.79 Å². The standard InChI is InChI=1S/C20H34O5/c1-2-3-6-10-16-17(19(23)14-18(16)22)13-12-15(21)9-7-4-5-8-11-20(24)25/h4,7,12-13,15-19,21-23H,2-3,5-6,8-11,14H2,1H3,(H,24,25)/b7-4-,13-12+/t15-,16+,17+,18-,19+/m0/s1. The molecule has 0 aromatic carbocycles. The Morgan fingerprint density at radius 2 is 1.92 bits per heavy atom. The third-order valence-electron chi connectivity index (χ3n) is 4.92. The van der Waals surface area contributed by atoms with Crippen molar-refractivity contribution in [2.24, 2.45) is 11.8 Å². The summed E-state index contributed by atoms with van der Waals surface area (Å²) in [6, 6.07) is 0. The summed E-state index contributed by atoms with van der Waals surface area (Å²) < 4.78 is 0. The van der Waals surface area contributed by atoms with Crippen molar-refractivity contribution < 1.29 is 25.2 Å². The molecule has 0 spiro atoms. The lowest BCUT2D eigenvalue weighted by molar-refractivity contribution is -0.137. The zero-order valence-corrected chi connectivity index (χ0v) is 15.3. The molecule has 5 atom stereocenters. The molecule has 0 bridgehead atoms. The molecule has 0 aromatic rings. The SMILES string of the molecule is CCCCC[C@@H]1[C@@H](/C=C/[C@@H](O)C/C=C\CCCC(=O)O)[C@H](O)C[C@@H]1O. The fraction of sp³-hybridized carbons (Fsp3) is 0.750. The molecule has 0 aromatic heterocycles. The number of rotatable bonds is 12. The van der Waals surface area contributed by atoms with E-state index in [0.29, 0.717) is 25.7 Å². The summed E-state index contributed by atoms with van der Waals surface area (Å²) in [6.07, 6.45) is 12.2. The normalized spacial score (nSPS) is 28.2. The van der Waals surface area contributed by atoms with E-state index in [2.05, 4.69) is 6.92 Å². The summed E-state index contributed by atoms with van der Waals surface area (Å²) in [5, 5.41) is 38.9. The number of carboxylic acid groups (broad SMARTS) is 1. The number of hydrogen-bond acceptors (Lipinski definition) is 4. The number of carboxylic acids is 1. The van der Waals surface area contributed by atoms with Crippen LogP contribution in [0.15, 0.2) is 24.3 Å². The number of aliphatic hydroxyl groups is 3. The Kier molecular flexibility index (Phi) is 10.7. The summed E-state index contributed by atoms with van der Waals surface area (Å²) in [5.74, 6) is -0.820. The third-order valence-corrected chi connectivity index (χ3v) is 4.92. The average Bonchev–Trinajstić information content (AvgIpc) is 2.82. The number of hydrogen-bond donors (Lipinski definition) is 4. The first kappa shape index (κ1) is 21.9. The summed E-state index contributed by atoms with van der Waals surface area (Å²) in [4.78, 5) is 10.4. The van der Waals surface area contributed by atoms with Gasteiger partial charge in [-0.05, 0) is 31.6 Å². The highest BCUT2D eigenvalue weighted by Gasteiger charge is 2.39.